The summed E-state index contributed by atoms with van der Waals surface area (Å²) in [4.78, 5) is 12.7. The van der Waals surface area contributed by atoms with Crippen LogP contribution in [-0.2, 0) is 9.53 Å². The fraction of sp³-hybridized carbons (Fsp3) is 0.955. The molecule has 0 rings (SSSR count). The van der Waals surface area contributed by atoms with Gasteiger partial charge in [0, 0.05) is 19.5 Å². The van der Waals surface area contributed by atoms with Crippen molar-refractivity contribution < 1.29 is 40.2 Å². The Hall–Kier alpha value is -0.810. The quantitative estimate of drug-likeness (QED) is 0.112. The van der Waals surface area contributed by atoms with E-state index in [9.17, 15) is 30.3 Å². The van der Waals surface area contributed by atoms with E-state index in [-0.39, 0.29) is 12.5 Å². The number of nitrogens with zero attached hydrogens (tertiary/aromatic N) is 1. The van der Waals surface area contributed by atoms with Crippen LogP contribution in [0.3, 0.4) is 0 Å². The molecule has 0 aliphatic rings. The molecule has 5 atom stereocenters. The van der Waals surface area contributed by atoms with Crippen LogP contribution in [0.15, 0.2) is 0 Å². The minimum Gasteiger partial charge on any atom is -0.469 e. The molecule has 9 heteroatoms. The van der Waals surface area contributed by atoms with Crippen LogP contribution in [0.25, 0.3) is 0 Å². The summed E-state index contributed by atoms with van der Waals surface area (Å²) in [6.07, 6.45) is 4.25. The summed E-state index contributed by atoms with van der Waals surface area (Å²) in [7, 11) is 3.11. The first-order valence-electron chi connectivity index (χ1n) is 11.5. The topological polar surface area (TPSA) is 151 Å². The average molecular weight is 452 g/mol. The lowest BCUT2D eigenvalue weighted by atomic mass is 10.0. The number of carbonyl (C=O) groups is 1. The van der Waals surface area contributed by atoms with Crippen molar-refractivity contribution >= 4 is 5.97 Å². The van der Waals surface area contributed by atoms with Gasteiger partial charge in [-0.05, 0) is 19.9 Å². The van der Waals surface area contributed by atoms with Gasteiger partial charge in [0.15, 0.2) is 0 Å². The van der Waals surface area contributed by atoms with Crippen molar-refractivity contribution in [1.29, 1.82) is 0 Å². The second-order valence-corrected chi connectivity index (χ2v) is 8.47. The number of rotatable bonds is 20. The normalized spacial score (nSPS) is 16.7. The van der Waals surface area contributed by atoms with Crippen molar-refractivity contribution in [3.05, 3.63) is 0 Å². The monoisotopic (exact) mass is 451 g/mol. The summed E-state index contributed by atoms with van der Waals surface area (Å²) in [5.74, 6) is -0.140. The Morgan fingerprint density at radius 3 is 1.77 bits per heavy atom. The van der Waals surface area contributed by atoms with E-state index in [1.54, 1.807) is 11.9 Å². The van der Waals surface area contributed by atoms with Crippen LogP contribution in [0.4, 0.5) is 0 Å². The number of likely N-dealkylation sites (N-methyl/N-ethyl adjacent to an activating group) is 1. The summed E-state index contributed by atoms with van der Waals surface area (Å²) >= 11 is 0. The lowest BCUT2D eigenvalue weighted by molar-refractivity contribution is -0.140. The SMILES string of the molecule is COC(=O)CCCCCCCCCCCC(O)CN(C)C[C@H](O)[C@@H](O)[C@H](O)[C@H](O)CO. The molecule has 0 fully saturated rings. The molecule has 0 aromatic carbocycles. The second-order valence-electron chi connectivity index (χ2n) is 8.47. The van der Waals surface area contributed by atoms with Crippen LogP contribution in [0, 0.1) is 0 Å². The minimum absolute atomic E-state index is 0.0209. The molecule has 0 aromatic heterocycles. The Morgan fingerprint density at radius 1 is 0.774 bits per heavy atom. The maximum Gasteiger partial charge on any atom is 0.305 e. The standard InChI is InChI=1S/C22H45NO8/c1-23(15-18(26)21(29)22(30)19(27)16-24)14-17(25)12-10-8-6-4-3-5-7-9-11-13-20(28)31-2/h17-19,21-22,24-27,29-30H,3-16H2,1-2H3/t17?,18-,19+,21+,22+/m0/s1. The van der Waals surface area contributed by atoms with E-state index in [2.05, 4.69) is 4.74 Å². The molecule has 0 aliphatic heterocycles. The first-order chi connectivity index (χ1) is 14.7. The van der Waals surface area contributed by atoms with Gasteiger partial charge in [0.05, 0.1) is 25.9 Å². The van der Waals surface area contributed by atoms with Gasteiger partial charge in [-0.1, -0.05) is 51.4 Å². The van der Waals surface area contributed by atoms with E-state index >= 15 is 0 Å². The average Bonchev–Trinajstić information content (AvgIpc) is 2.75. The molecular formula is C22H45NO8. The molecule has 0 radical (unpaired) electrons. The van der Waals surface area contributed by atoms with E-state index in [4.69, 9.17) is 5.11 Å². The van der Waals surface area contributed by atoms with Gasteiger partial charge < -0.3 is 40.3 Å². The van der Waals surface area contributed by atoms with Crippen LogP contribution < -0.4 is 0 Å². The van der Waals surface area contributed by atoms with Crippen LogP contribution in [-0.4, -0.2) is 106 Å². The number of esters is 1. The summed E-state index contributed by atoms with van der Waals surface area (Å²) in [6.45, 7) is -0.363. The first-order valence-corrected chi connectivity index (χ1v) is 11.5. The Labute approximate surface area is 186 Å². The Kier molecular flexibility index (Phi) is 18.2. The maximum atomic E-state index is 11.0. The molecule has 0 saturated heterocycles. The van der Waals surface area contributed by atoms with Crippen molar-refractivity contribution in [3.63, 3.8) is 0 Å². The number of hydrogen-bond acceptors (Lipinski definition) is 9. The van der Waals surface area contributed by atoms with Gasteiger partial charge in [0.2, 0.25) is 0 Å². The fourth-order valence-electron chi connectivity index (χ4n) is 3.50. The third-order valence-corrected chi connectivity index (χ3v) is 5.49. The Morgan fingerprint density at radius 2 is 1.26 bits per heavy atom. The van der Waals surface area contributed by atoms with E-state index in [0.717, 1.165) is 38.5 Å². The van der Waals surface area contributed by atoms with Crippen molar-refractivity contribution in [3.8, 4) is 0 Å². The molecule has 0 heterocycles. The van der Waals surface area contributed by atoms with Crippen LogP contribution in [0.1, 0.15) is 70.6 Å². The molecule has 0 aliphatic carbocycles. The van der Waals surface area contributed by atoms with Crippen molar-refractivity contribution in [2.75, 3.05) is 33.9 Å². The summed E-state index contributed by atoms with van der Waals surface area (Å²) in [5.41, 5.74) is 0. The third kappa shape index (κ3) is 15.6. The zero-order valence-corrected chi connectivity index (χ0v) is 19.2. The van der Waals surface area contributed by atoms with E-state index in [1.165, 1.54) is 26.4 Å². The minimum atomic E-state index is -1.64. The molecule has 0 spiro atoms. The van der Waals surface area contributed by atoms with Crippen LogP contribution in [0.5, 0.6) is 0 Å². The second kappa shape index (κ2) is 18.7. The molecule has 0 saturated carbocycles. The van der Waals surface area contributed by atoms with Crippen LogP contribution >= 0.6 is 0 Å². The highest BCUT2D eigenvalue weighted by Crippen LogP contribution is 2.13. The van der Waals surface area contributed by atoms with E-state index in [0.29, 0.717) is 19.4 Å². The smallest absolute Gasteiger partial charge is 0.305 e. The van der Waals surface area contributed by atoms with Crippen LogP contribution in [0.2, 0.25) is 0 Å². The number of ether oxygens (including phenoxy) is 1. The van der Waals surface area contributed by atoms with Crippen molar-refractivity contribution in [2.45, 2.75) is 101 Å². The first kappa shape index (κ1) is 30.2. The number of aliphatic hydroxyl groups excluding tert-OH is 6. The van der Waals surface area contributed by atoms with Gasteiger partial charge in [0.1, 0.15) is 18.3 Å². The summed E-state index contributed by atoms with van der Waals surface area (Å²) < 4.78 is 4.61. The van der Waals surface area contributed by atoms with Gasteiger partial charge in [-0.3, -0.25) is 4.79 Å². The molecule has 186 valence electrons. The predicted molar refractivity (Wildman–Crippen MR) is 117 cm³/mol. The Bertz CT molecular complexity index is 440. The highest BCUT2D eigenvalue weighted by atomic mass is 16.5. The lowest BCUT2D eigenvalue weighted by Gasteiger charge is -2.29. The Balaban J connectivity index is 3.70. The van der Waals surface area contributed by atoms with Gasteiger partial charge in [-0.15, -0.1) is 0 Å². The molecule has 0 amide bonds. The predicted octanol–water partition coefficient (Wildman–Crippen LogP) is 0.179. The van der Waals surface area contributed by atoms with Gasteiger partial charge in [0.25, 0.3) is 0 Å². The molecule has 6 N–H and O–H groups in total. The molecule has 1 unspecified atom stereocenters. The third-order valence-electron chi connectivity index (χ3n) is 5.49. The van der Waals surface area contributed by atoms with E-state index in [1.807, 2.05) is 0 Å². The molecule has 0 bridgehead atoms. The number of carbonyl (C=O) groups excluding carboxylic acids is 1. The summed E-state index contributed by atoms with van der Waals surface area (Å²) in [6, 6.07) is 0. The number of methoxy groups -OCH3 is 1. The van der Waals surface area contributed by atoms with E-state index < -0.39 is 37.1 Å². The van der Waals surface area contributed by atoms with Gasteiger partial charge in [-0.25, -0.2) is 0 Å². The zero-order chi connectivity index (χ0) is 23.6. The highest BCUT2D eigenvalue weighted by Gasteiger charge is 2.30. The van der Waals surface area contributed by atoms with Gasteiger partial charge >= 0.3 is 5.97 Å². The van der Waals surface area contributed by atoms with Crippen molar-refractivity contribution in [1.82, 2.24) is 4.90 Å². The zero-order valence-electron chi connectivity index (χ0n) is 19.2. The number of aliphatic hydroxyl groups is 6. The molecule has 0 aromatic rings. The lowest BCUT2D eigenvalue weighted by Crippen LogP contribution is -2.49. The summed E-state index contributed by atoms with van der Waals surface area (Å²) in [5, 5.41) is 57.7. The molecular weight excluding hydrogens is 406 g/mol. The van der Waals surface area contributed by atoms with Gasteiger partial charge in [-0.2, -0.15) is 0 Å². The fourth-order valence-corrected chi connectivity index (χ4v) is 3.50. The largest absolute Gasteiger partial charge is 0.469 e. The maximum absolute atomic E-state index is 11.0. The molecule has 9 nitrogen and oxygen atoms in total. The highest BCUT2D eigenvalue weighted by molar-refractivity contribution is 5.68. The van der Waals surface area contributed by atoms with Crippen molar-refractivity contribution in [2.24, 2.45) is 0 Å². The number of unbranched alkanes of at least 4 members (excludes halogenated alkanes) is 8. The molecule has 31 heavy (non-hydrogen) atoms. The number of hydrogen-bond donors (Lipinski definition) is 6.